The van der Waals surface area contributed by atoms with Gasteiger partial charge in [0.2, 0.25) is 0 Å². The maximum atomic E-state index is 10.6. The predicted molar refractivity (Wildman–Crippen MR) is 115 cm³/mol. The van der Waals surface area contributed by atoms with Gasteiger partial charge in [0.25, 0.3) is 0 Å². The Balaban J connectivity index is 0.000000271. The van der Waals surface area contributed by atoms with E-state index in [0.717, 1.165) is 25.0 Å². The molecule has 0 unspecified atom stereocenters. The number of halogens is 6. The predicted octanol–water partition coefficient (Wildman–Crippen LogP) is 3.20. The summed E-state index contributed by atoms with van der Waals surface area (Å²) in [5.74, 6) is -4.72. The number of carboxylic acids is 2. The molecule has 0 saturated carbocycles. The van der Waals surface area contributed by atoms with E-state index in [0.29, 0.717) is 6.04 Å². The SMILES string of the molecule is CN1[C@H](Cn2cncn2)C[C@@H]2CN(Cc3ccsc3)CC[C@@H]21.O=C(O)C(F)(F)F.O=C(O)C(F)(F)F. The van der Waals surface area contributed by atoms with Crippen molar-refractivity contribution in [2.45, 2.75) is 50.4 Å². The maximum Gasteiger partial charge on any atom is 0.490 e. The standard InChI is InChI=1S/C16H23N5S.2C2HF3O2/c1-19-15(9-21-12-17-11-18-21)6-14-8-20(4-2-16(14)19)7-13-3-5-22-10-13;2*3-2(4,5)1(6)7/h3,5,10-12,14-16H,2,4,6-9H2,1H3;2*(H,6,7)/t14-,15+,16+;;/m1../s1. The minimum Gasteiger partial charge on any atom is -0.475 e. The molecule has 9 nitrogen and oxygen atoms in total. The number of likely N-dealkylation sites (tertiary alicyclic amines) is 2. The van der Waals surface area contributed by atoms with Gasteiger partial charge in [-0.3, -0.25) is 14.5 Å². The summed E-state index contributed by atoms with van der Waals surface area (Å²) in [7, 11) is 2.29. The summed E-state index contributed by atoms with van der Waals surface area (Å²) in [6.07, 6.45) is -4.14. The molecule has 2 aliphatic heterocycles. The first-order valence-electron chi connectivity index (χ1n) is 10.6. The number of carbonyl (C=O) groups is 2. The molecule has 0 aliphatic carbocycles. The molecule has 2 saturated heterocycles. The van der Waals surface area contributed by atoms with E-state index in [-0.39, 0.29) is 0 Å². The average Bonchev–Trinajstić information content (AvgIpc) is 3.51. The Morgan fingerprint density at radius 1 is 1.14 bits per heavy atom. The Morgan fingerprint density at radius 2 is 1.75 bits per heavy atom. The number of thiophene rings is 1. The van der Waals surface area contributed by atoms with Crippen LogP contribution < -0.4 is 0 Å². The Labute approximate surface area is 205 Å². The zero-order valence-electron chi connectivity index (χ0n) is 19.0. The van der Waals surface area contributed by atoms with Crippen LogP contribution >= 0.6 is 11.3 Å². The summed E-state index contributed by atoms with van der Waals surface area (Å²) < 4.78 is 65.4. The van der Waals surface area contributed by atoms with E-state index in [2.05, 4.69) is 43.8 Å². The van der Waals surface area contributed by atoms with Crippen LogP contribution in [0.25, 0.3) is 0 Å². The molecule has 3 atom stereocenters. The number of hydrogen-bond acceptors (Lipinski definition) is 7. The molecule has 2 aromatic rings. The van der Waals surface area contributed by atoms with Crippen molar-refractivity contribution in [3.8, 4) is 0 Å². The van der Waals surface area contributed by atoms with Crippen LogP contribution in [0, 0.1) is 5.92 Å². The average molecular weight is 546 g/mol. The zero-order valence-corrected chi connectivity index (χ0v) is 19.8. The van der Waals surface area contributed by atoms with Crippen LogP contribution in [0.5, 0.6) is 0 Å². The number of carboxylic acid groups (broad SMARTS) is 2. The van der Waals surface area contributed by atoms with Gasteiger partial charge in [0.15, 0.2) is 0 Å². The second kappa shape index (κ2) is 12.5. The van der Waals surface area contributed by atoms with Gasteiger partial charge in [0, 0.05) is 25.2 Å². The molecular weight excluding hydrogens is 520 g/mol. The van der Waals surface area contributed by atoms with Gasteiger partial charge >= 0.3 is 24.3 Å². The lowest BCUT2D eigenvalue weighted by Gasteiger charge is -2.37. The Kier molecular flexibility index (Phi) is 10.2. The summed E-state index contributed by atoms with van der Waals surface area (Å²) in [5.41, 5.74) is 1.47. The van der Waals surface area contributed by atoms with Crippen LogP contribution in [0.1, 0.15) is 18.4 Å². The highest BCUT2D eigenvalue weighted by molar-refractivity contribution is 7.07. The van der Waals surface area contributed by atoms with Crippen molar-refractivity contribution in [2.24, 2.45) is 5.92 Å². The largest absolute Gasteiger partial charge is 0.490 e. The van der Waals surface area contributed by atoms with E-state index in [1.165, 1.54) is 31.5 Å². The minimum atomic E-state index is -5.08. The molecule has 16 heteroatoms. The van der Waals surface area contributed by atoms with E-state index in [4.69, 9.17) is 19.8 Å². The maximum absolute atomic E-state index is 10.6. The lowest BCUT2D eigenvalue weighted by Crippen LogP contribution is -2.45. The molecular formula is C20H25F6N5O4S. The summed E-state index contributed by atoms with van der Waals surface area (Å²) in [5, 5.41) is 23.0. The Hall–Kier alpha value is -2.72. The third kappa shape index (κ3) is 9.05. The highest BCUT2D eigenvalue weighted by Gasteiger charge is 2.42. The number of hydrogen-bond donors (Lipinski definition) is 2. The first-order valence-corrected chi connectivity index (χ1v) is 11.5. The number of aromatic nitrogens is 3. The zero-order chi connectivity index (χ0) is 27.1. The molecule has 2 N–H and O–H groups in total. The van der Waals surface area contributed by atoms with Gasteiger partial charge in [-0.2, -0.15) is 42.8 Å². The molecule has 0 amide bonds. The van der Waals surface area contributed by atoms with Crippen molar-refractivity contribution >= 4 is 23.3 Å². The number of aliphatic carboxylic acids is 2. The minimum absolute atomic E-state index is 0.595. The van der Waals surface area contributed by atoms with Crippen LogP contribution in [-0.4, -0.2) is 91.3 Å². The van der Waals surface area contributed by atoms with Gasteiger partial charge < -0.3 is 10.2 Å². The van der Waals surface area contributed by atoms with Crippen LogP contribution in [0.4, 0.5) is 26.3 Å². The van der Waals surface area contributed by atoms with Gasteiger partial charge in [-0.1, -0.05) is 0 Å². The second-order valence-corrected chi connectivity index (χ2v) is 9.04. The molecule has 2 fully saturated rings. The van der Waals surface area contributed by atoms with Crippen molar-refractivity contribution < 1.29 is 46.1 Å². The molecule has 4 rings (SSSR count). The molecule has 4 heterocycles. The lowest BCUT2D eigenvalue weighted by atomic mass is 9.92. The quantitative estimate of drug-likeness (QED) is 0.564. The lowest BCUT2D eigenvalue weighted by molar-refractivity contribution is -0.193. The Morgan fingerprint density at radius 3 is 2.22 bits per heavy atom. The number of piperidine rings is 1. The smallest absolute Gasteiger partial charge is 0.475 e. The topological polar surface area (TPSA) is 112 Å². The number of alkyl halides is 6. The third-order valence-electron chi connectivity index (χ3n) is 5.79. The van der Waals surface area contributed by atoms with Crippen LogP contribution in [-0.2, 0) is 22.7 Å². The number of nitrogens with zero attached hydrogens (tertiary/aromatic N) is 5. The van der Waals surface area contributed by atoms with Gasteiger partial charge in [-0.05, 0) is 54.7 Å². The summed E-state index contributed by atoms with van der Waals surface area (Å²) in [6.45, 7) is 4.54. The molecule has 2 aliphatic rings. The van der Waals surface area contributed by atoms with Crippen LogP contribution in [0.15, 0.2) is 29.5 Å². The first-order chi connectivity index (χ1) is 16.7. The van der Waals surface area contributed by atoms with Crippen molar-refractivity contribution in [2.75, 3.05) is 20.1 Å². The molecule has 36 heavy (non-hydrogen) atoms. The summed E-state index contributed by atoms with van der Waals surface area (Å²) >= 11 is 1.80. The molecule has 0 spiro atoms. The first kappa shape index (κ1) is 29.5. The van der Waals surface area contributed by atoms with E-state index in [9.17, 15) is 26.3 Å². The fourth-order valence-electron chi connectivity index (χ4n) is 4.18. The molecule has 0 aromatic carbocycles. The van der Waals surface area contributed by atoms with E-state index in [1.807, 2.05) is 11.0 Å². The van der Waals surface area contributed by atoms with Gasteiger partial charge in [-0.25, -0.2) is 14.6 Å². The highest BCUT2D eigenvalue weighted by Crippen LogP contribution is 2.35. The van der Waals surface area contributed by atoms with Crippen LogP contribution in [0.2, 0.25) is 0 Å². The molecule has 2 aromatic heterocycles. The van der Waals surface area contributed by atoms with E-state index in [1.54, 1.807) is 17.7 Å². The monoisotopic (exact) mass is 545 g/mol. The van der Waals surface area contributed by atoms with Gasteiger partial charge in [-0.15, -0.1) is 0 Å². The highest BCUT2D eigenvalue weighted by atomic mass is 32.1. The third-order valence-corrected chi connectivity index (χ3v) is 6.52. The fourth-order valence-corrected chi connectivity index (χ4v) is 4.84. The van der Waals surface area contributed by atoms with E-state index < -0.39 is 24.3 Å². The summed E-state index contributed by atoms with van der Waals surface area (Å²) in [6, 6.07) is 3.59. The van der Waals surface area contributed by atoms with Crippen molar-refractivity contribution in [1.82, 2.24) is 24.6 Å². The van der Waals surface area contributed by atoms with Gasteiger partial charge in [0.05, 0.1) is 6.54 Å². The molecule has 0 bridgehead atoms. The van der Waals surface area contributed by atoms with Crippen molar-refractivity contribution in [3.05, 3.63) is 35.0 Å². The van der Waals surface area contributed by atoms with Crippen molar-refractivity contribution in [1.29, 1.82) is 0 Å². The number of rotatable bonds is 4. The number of fused-ring (bicyclic) bond motifs is 1. The fraction of sp³-hybridized carbons (Fsp3) is 0.600. The molecule has 0 radical (unpaired) electrons. The normalized spacial score (nSPS) is 22.6. The van der Waals surface area contributed by atoms with E-state index >= 15 is 0 Å². The molecule has 202 valence electrons. The Bertz CT molecular complexity index is 929. The summed E-state index contributed by atoms with van der Waals surface area (Å²) in [4.78, 5) is 27.1. The number of likely N-dealkylation sites (N-methyl/N-ethyl adjacent to an activating group) is 1. The second-order valence-electron chi connectivity index (χ2n) is 8.26. The van der Waals surface area contributed by atoms with Crippen LogP contribution in [0.3, 0.4) is 0 Å². The van der Waals surface area contributed by atoms with Gasteiger partial charge in [0.1, 0.15) is 12.7 Å². The van der Waals surface area contributed by atoms with Crippen molar-refractivity contribution in [3.63, 3.8) is 0 Å².